The number of halogens is 1. The molecule has 1 fully saturated rings. The van der Waals surface area contributed by atoms with E-state index in [1.807, 2.05) is 0 Å². The fourth-order valence-corrected chi connectivity index (χ4v) is 3.76. The van der Waals surface area contributed by atoms with Crippen LogP contribution in [-0.4, -0.2) is 15.2 Å². The third-order valence-corrected chi connectivity index (χ3v) is 4.27. The van der Waals surface area contributed by atoms with Gasteiger partial charge < -0.3 is 5.73 Å². The second kappa shape index (κ2) is 5.23. The Morgan fingerprint density at radius 2 is 2.25 bits per heavy atom. The van der Waals surface area contributed by atoms with Crippen LogP contribution in [0, 0.1) is 5.92 Å². The van der Waals surface area contributed by atoms with Gasteiger partial charge in [-0.3, -0.25) is 0 Å². The summed E-state index contributed by atoms with van der Waals surface area (Å²) in [7, 11) is 0. The van der Waals surface area contributed by atoms with Crippen molar-refractivity contribution in [3.8, 4) is 0 Å². The number of rotatable bonds is 2. The van der Waals surface area contributed by atoms with Gasteiger partial charge in [-0.1, -0.05) is 31.4 Å². The van der Waals surface area contributed by atoms with E-state index in [-0.39, 0.29) is 5.95 Å². The Morgan fingerprint density at radius 1 is 1.44 bits per heavy atom. The summed E-state index contributed by atoms with van der Waals surface area (Å²) in [5, 5.41) is 1.98. The van der Waals surface area contributed by atoms with Crippen LogP contribution in [0.5, 0.6) is 0 Å². The molecule has 0 radical (unpaired) electrons. The second-order valence-corrected chi connectivity index (χ2v) is 6.11. The minimum absolute atomic E-state index is 0.263. The average Bonchev–Trinajstić information content (AvgIpc) is 2.15. The zero-order valence-corrected chi connectivity index (χ0v) is 10.9. The van der Waals surface area contributed by atoms with Gasteiger partial charge in [-0.2, -0.15) is 0 Å². The zero-order chi connectivity index (χ0) is 11.5. The van der Waals surface area contributed by atoms with Crippen molar-refractivity contribution < 1.29 is 0 Å². The van der Waals surface area contributed by atoms with Gasteiger partial charge in [0.2, 0.25) is 5.95 Å². The van der Waals surface area contributed by atoms with Gasteiger partial charge in [-0.15, -0.1) is 11.8 Å². The van der Waals surface area contributed by atoms with Crippen LogP contribution in [0.25, 0.3) is 0 Å². The third kappa shape index (κ3) is 3.25. The maximum atomic E-state index is 5.85. The largest absolute Gasteiger partial charge is 0.368 e. The summed E-state index contributed by atoms with van der Waals surface area (Å²) in [5.41, 5.74) is 5.57. The van der Waals surface area contributed by atoms with Crippen molar-refractivity contribution in [2.45, 2.75) is 42.9 Å². The Morgan fingerprint density at radius 3 is 2.94 bits per heavy atom. The lowest BCUT2D eigenvalue weighted by atomic mass is 9.91. The molecule has 2 unspecified atom stereocenters. The lowest BCUT2D eigenvalue weighted by Gasteiger charge is -2.25. The van der Waals surface area contributed by atoms with Gasteiger partial charge in [-0.05, 0) is 18.8 Å². The molecule has 1 heterocycles. The fraction of sp³-hybridized carbons (Fsp3) is 0.636. The van der Waals surface area contributed by atoms with Crippen molar-refractivity contribution in [3.05, 3.63) is 11.2 Å². The molecule has 1 aliphatic rings. The summed E-state index contributed by atoms with van der Waals surface area (Å²) in [6.07, 6.45) is 5.18. The molecule has 88 valence electrons. The molecule has 0 aliphatic heterocycles. The minimum Gasteiger partial charge on any atom is -0.368 e. The lowest BCUT2D eigenvalue weighted by molar-refractivity contribution is 0.394. The van der Waals surface area contributed by atoms with Gasteiger partial charge in [0.05, 0.1) is 0 Å². The first kappa shape index (κ1) is 12.0. The number of hydrogen-bond acceptors (Lipinski definition) is 4. The highest BCUT2D eigenvalue weighted by Gasteiger charge is 2.20. The average molecular weight is 258 g/mol. The van der Waals surface area contributed by atoms with Crippen LogP contribution < -0.4 is 5.73 Å². The van der Waals surface area contributed by atoms with E-state index in [2.05, 4.69) is 16.9 Å². The Kier molecular flexibility index (Phi) is 3.92. The molecular formula is C11H16ClN3S. The third-order valence-electron chi connectivity index (χ3n) is 2.86. The smallest absolute Gasteiger partial charge is 0.222 e. The SMILES string of the molecule is CC1CCCC(Sc2cc(Cl)nc(N)n2)C1. The predicted octanol–water partition coefficient (Wildman–Crippen LogP) is 3.38. The first-order valence-corrected chi connectivity index (χ1v) is 6.86. The molecule has 0 bridgehead atoms. The molecule has 2 atom stereocenters. The Bertz CT molecular complexity index is 352. The van der Waals surface area contributed by atoms with Crippen molar-refractivity contribution in [3.63, 3.8) is 0 Å². The van der Waals surface area contributed by atoms with Crippen molar-refractivity contribution in [2.75, 3.05) is 5.73 Å². The van der Waals surface area contributed by atoms with Gasteiger partial charge in [0.25, 0.3) is 0 Å². The second-order valence-electron chi connectivity index (χ2n) is 4.40. The molecule has 1 aromatic heterocycles. The lowest BCUT2D eigenvalue weighted by Crippen LogP contribution is -2.15. The van der Waals surface area contributed by atoms with Crippen LogP contribution in [0.2, 0.25) is 5.15 Å². The monoisotopic (exact) mass is 257 g/mol. The molecule has 1 aliphatic carbocycles. The quantitative estimate of drug-likeness (QED) is 0.826. The molecule has 16 heavy (non-hydrogen) atoms. The summed E-state index contributed by atoms with van der Waals surface area (Å²) in [4.78, 5) is 8.06. The van der Waals surface area contributed by atoms with Crippen molar-refractivity contribution in [1.29, 1.82) is 0 Å². The van der Waals surface area contributed by atoms with Gasteiger partial charge in [-0.25, -0.2) is 9.97 Å². The van der Waals surface area contributed by atoms with E-state index in [0.29, 0.717) is 10.4 Å². The molecule has 2 N–H and O–H groups in total. The fourth-order valence-electron chi connectivity index (χ4n) is 2.13. The van der Waals surface area contributed by atoms with E-state index in [0.717, 1.165) is 10.9 Å². The number of nitrogen functional groups attached to an aromatic ring is 1. The van der Waals surface area contributed by atoms with Crippen LogP contribution in [0.3, 0.4) is 0 Å². The maximum Gasteiger partial charge on any atom is 0.222 e. The zero-order valence-electron chi connectivity index (χ0n) is 9.32. The van der Waals surface area contributed by atoms with E-state index < -0.39 is 0 Å². The van der Waals surface area contributed by atoms with Crippen molar-refractivity contribution >= 4 is 29.3 Å². The number of thioether (sulfide) groups is 1. The highest BCUT2D eigenvalue weighted by Crippen LogP contribution is 2.35. The van der Waals surface area contributed by atoms with E-state index in [9.17, 15) is 0 Å². The minimum atomic E-state index is 0.263. The standard InChI is InChI=1S/C11H16ClN3S/c1-7-3-2-4-8(5-7)16-10-6-9(12)14-11(13)15-10/h6-8H,2-5H2,1H3,(H2,13,14,15). The molecule has 3 nitrogen and oxygen atoms in total. The van der Waals surface area contributed by atoms with E-state index in [1.165, 1.54) is 25.7 Å². The van der Waals surface area contributed by atoms with E-state index in [1.54, 1.807) is 17.8 Å². The van der Waals surface area contributed by atoms with Gasteiger partial charge in [0, 0.05) is 11.3 Å². The highest BCUT2D eigenvalue weighted by molar-refractivity contribution is 7.99. The molecular weight excluding hydrogens is 242 g/mol. The Hall–Kier alpha value is -0.480. The van der Waals surface area contributed by atoms with Crippen LogP contribution >= 0.6 is 23.4 Å². The van der Waals surface area contributed by atoms with Gasteiger partial charge >= 0.3 is 0 Å². The number of nitrogens with two attached hydrogens (primary N) is 1. The first-order valence-electron chi connectivity index (χ1n) is 5.60. The van der Waals surface area contributed by atoms with Crippen molar-refractivity contribution in [2.24, 2.45) is 5.92 Å². The molecule has 2 rings (SSSR count). The van der Waals surface area contributed by atoms with Crippen LogP contribution in [0.4, 0.5) is 5.95 Å². The van der Waals surface area contributed by atoms with Crippen molar-refractivity contribution in [1.82, 2.24) is 9.97 Å². The molecule has 0 amide bonds. The molecule has 1 aromatic rings. The highest BCUT2D eigenvalue weighted by atomic mass is 35.5. The summed E-state index contributed by atoms with van der Waals surface area (Å²) in [6, 6.07) is 1.79. The normalized spacial score (nSPS) is 25.6. The summed E-state index contributed by atoms with van der Waals surface area (Å²) in [6.45, 7) is 2.31. The molecule has 0 saturated heterocycles. The molecule has 0 aromatic carbocycles. The number of anilines is 1. The number of aromatic nitrogens is 2. The van der Waals surface area contributed by atoms with E-state index >= 15 is 0 Å². The maximum absolute atomic E-state index is 5.85. The topological polar surface area (TPSA) is 51.8 Å². The van der Waals surface area contributed by atoms with E-state index in [4.69, 9.17) is 17.3 Å². The molecule has 1 saturated carbocycles. The summed E-state index contributed by atoms with van der Waals surface area (Å²) >= 11 is 7.63. The summed E-state index contributed by atoms with van der Waals surface area (Å²) in [5.74, 6) is 1.08. The summed E-state index contributed by atoms with van der Waals surface area (Å²) < 4.78 is 0. The first-order chi connectivity index (χ1) is 7.63. The number of nitrogens with zero attached hydrogens (tertiary/aromatic N) is 2. The predicted molar refractivity (Wildman–Crippen MR) is 68.7 cm³/mol. The van der Waals surface area contributed by atoms with Crippen LogP contribution in [0.1, 0.15) is 32.6 Å². The molecule has 5 heteroatoms. The van der Waals surface area contributed by atoms with Crippen LogP contribution in [0.15, 0.2) is 11.1 Å². The Labute approximate surface area is 105 Å². The van der Waals surface area contributed by atoms with Gasteiger partial charge in [0.1, 0.15) is 10.2 Å². The number of hydrogen-bond donors (Lipinski definition) is 1. The van der Waals surface area contributed by atoms with Gasteiger partial charge in [0.15, 0.2) is 0 Å². The molecule has 0 spiro atoms. The van der Waals surface area contributed by atoms with Crippen LogP contribution in [-0.2, 0) is 0 Å². The Balaban J connectivity index is 2.02.